The fraction of sp³-hybridized carbons (Fsp3) is 0.909. The number of nitrogens with zero attached hydrogens (tertiary/aromatic N) is 2. The smallest absolute Gasteiger partial charge is 0.236 e. The SMILES string of the molecule is CCC(O)CN(C)CC(=O)N1CCNCC1. The molecular weight excluding hydrogens is 206 g/mol. The number of hydrogen-bond acceptors (Lipinski definition) is 4. The third-order valence-corrected chi connectivity index (χ3v) is 2.87. The van der Waals surface area contributed by atoms with E-state index in [1.54, 1.807) is 0 Å². The number of hydrogen-bond donors (Lipinski definition) is 2. The van der Waals surface area contributed by atoms with Crippen LogP contribution in [-0.2, 0) is 4.79 Å². The summed E-state index contributed by atoms with van der Waals surface area (Å²) >= 11 is 0. The lowest BCUT2D eigenvalue weighted by atomic mass is 10.2. The second-order valence-electron chi connectivity index (χ2n) is 4.39. The Morgan fingerprint density at radius 1 is 1.50 bits per heavy atom. The molecule has 0 aromatic rings. The minimum Gasteiger partial charge on any atom is -0.392 e. The summed E-state index contributed by atoms with van der Waals surface area (Å²) in [5.74, 6) is 0.160. The van der Waals surface area contributed by atoms with Crippen LogP contribution in [0.1, 0.15) is 13.3 Å². The largest absolute Gasteiger partial charge is 0.392 e. The fourth-order valence-corrected chi connectivity index (χ4v) is 1.80. The number of amides is 1. The van der Waals surface area contributed by atoms with Crippen molar-refractivity contribution in [2.45, 2.75) is 19.4 Å². The quantitative estimate of drug-likeness (QED) is 0.643. The maximum Gasteiger partial charge on any atom is 0.236 e. The van der Waals surface area contributed by atoms with Gasteiger partial charge in [0.2, 0.25) is 5.91 Å². The number of piperazine rings is 1. The molecule has 1 fully saturated rings. The Morgan fingerprint density at radius 3 is 2.69 bits per heavy atom. The monoisotopic (exact) mass is 229 g/mol. The summed E-state index contributed by atoms with van der Waals surface area (Å²) < 4.78 is 0. The number of aliphatic hydroxyl groups is 1. The molecule has 0 radical (unpaired) electrons. The molecule has 1 aliphatic heterocycles. The number of carbonyl (C=O) groups is 1. The van der Waals surface area contributed by atoms with Crippen molar-refractivity contribution in [2.75, 3.05) is 46.3 Å². The molecule has 1 aliphatic rings. The zero-order valence-electron chi connectivity index (χ0n) is 10.3. The molecule has 1 rings (SSSR count). The van der Waals surface area contributed by atoms with Crippen LogP contribution in [0.5, 0.6) is 0 Å². The molecule has 1 amide bonds. The lowest BCUT2D eigenvalue weighted by Crippen LogP contribution is -2.49. The Kier molecular flexibility index (Phi) is 5.73. The third kappa shape index (κ3) is 4.47. The van der Waals surface area contributed by atoms with Gasteiger partial charge >= 0.3 is 0 Å². The highest BCUT2D eigenvalue weighted by molar-refractivity contribution is 5.78. The Balaban J connectivity index is 2.26. The van der Waals surface area contributed by atoms with Crippen molar-refractivity contribution in [3.05, 3.63) is 0 Å². The molecule has 5 heteroatoms. The predicted octanol–water partition coefficient (Wildman–Crippen LogP) is -0.879. The molecule has 1 saturated heterocycles. The van der Waals surface area contributed by atoms with Crippen molar-refractivity contribution in [1.29, 1.82) is 0 Å². The van der Waals surface area contributed by atoms with E-state index in [9.17, 15) is 9.90 Å². The molecular formula is C11H23N3O2. The van der Waals surface area contributed by atoms with Crippen LogP contribution < -0.4 is 5.32 Å². The zero-order valence-corrected chi connectivity index (χ0v) is 10.3. The van der Waals surface area contributed by atoms with E-state index in [0.29, 0.717) is 13.1 Å². The van der Waals surface area contributed by atoms with E-state index < -0.39 is 0 Å². The van der Waals surface area contributed by atoms with Crippen molar-refractivity contribution >= 4 is 5.91 Å². The highest BCUT2D eigenvalue weighted by atomic mass is 16.3. The summed E-state index contributed by atoms with van der Waals surface area (Å²) in [5, 5.41) is 12.7. The summed E-state index contributed by atoms with van der Waals surface area (Å²) in [7, 11) is 1.87. The number of rotatable bonds is 5. The van der Waals surface area contributed by atoms with Crippen molar-refractivity contribution in [3.8, 4) is 0 Å². The van der Waals surface area contributed by atoms with Gasteiger partial charge in [-0.15, -0.1) is 0 Å². The Labute approximate surface area is 97.4 Å². The maximum absolute atomic E-state index is 11.9. The normalized spacial score (nSPS) is 18.9. The second-order valence-corrected chi connectivity index (χ2v) is 4.39. The molecule has 0 aromatic heterocycles. The van der Waals surface area contributed by atoms with Crippen molar-refractivity contribution < 1.29 is 9.90 Å². The topological polar surface area (TPSA) is 55.8 Å². The molecule has 1 heterocycles. The third-order valence-electron chi connectivity index (χ3n) is 2.87. The van der Waals surface area contributed by atoms with Crippen LogP contribution in [0.3, 0.4) is 0 Å². The summed E-state index contributed by atoms with van der Waals surface area (Å²) in [6, 6.07) is 0. The zero-order chi connectivity index (χ0) is 12.0. The van der Waals surface area contributed by atoms with E-state index in [1.807, 2.05) is 23.8 Å². The Morgan fingerprint density at radius 2 is 2.12 bits per heavy atom. The molecule has 0 spiro atoms. The van der Waals surface area contributed by atoms with Crippen molar-refractivity contribution in [2.24, 2.45) is 0 Å². The molecule has 5 nitrogen and oxygen atoms in total. The summed E-state index contributed by atoms with van der Waals surface area (Å²) in [6.07, 6.45) is 0.396. The molecule has 0 bridgehead atoms. The fourth-order valence-electron chi connectivity index (χ4n) is 1.80. The first-order valence-corrected chi connectivity index (χ1v) is 5.98. The molecule has 0 saturated carbocycles. The van der Waals surface area contributed by atoms with Gasteiger partial charge < -0.3 is 15.3 Å². The molecule has 16 heavy (non-hydrogen) atoms. The van der Waals surface area contributed by atoms with Gasteiger partial charge in [0.05, 0.1) is 12.6 Å². The molecule has 1 unspecified atom stereocenters. The van der Waals surface area contributed by atoms with E-state index in [4.69, 9.17) is 0 Å². The van der Waals surface area contributed by atoms with Gasteiger partial charge in [-0.3, -0.25) is 9.69 Å². The lowest BCUT2D eigenvalue weighted by Gasteiger charge is -2.29. The summed E-state index contributed by atoms with van der Waals surface area (Å²) in [4.78, 5) is 15.6. The number of carbonyl (C=O) groups excluding carboxylic acids is 1. The van der Waals surface area contributed by atoms with Crippen LogP contribution in [0, 0.1) is 0 Å². The van der Waals surface area contributed by atoms with Gasteiger partial charge in [0.1, 0.15) is 0 Å². The van der Waals surface area contributed by atoms with Crippen LogP contribution in [0.4, 0.5) is 0 Å². The minimum atomic E-state index is -0.333. The van der Waals surface area contributed by atoms with Gasteiger partial charge in [0.25, 0.3) is 0 Å². The number of aliphatic hydroxyl groups excluding tert-OH is 1. The first kappa shape index (κ1) is 13.4. The molecule has 0 aliphatic carbocycles. The van der Waals surface area contributed by atoms with Crippen molar-refractivity contribution in [1.82, 2.24) is 15.1 Å². The maximum atomic E-state index is 11.9. The van der Waals surface area contributed by atoms with Crippen LogP contribution in [0.2, 0.25) is 0 Å². The standard InChI is InChI=1S/C11H23N3O2/c1-3-10(15)8-13(2)9-11(16)14-6-4-12-5-7-14/h10,12,15H,3-9H2,1-2H3. The van der Waals surface area contributed by atoms with Crippen LogP contribution >= 0.6 is 0 Å². The lowest BCUT2D eigenvalue weighted by molar-refractivity contribution is -0.132. The average Bonchev–Trinajstić information content (AvgIpc) is 2.29. The molecule has 0 aromatic carbocycles. The van der Waals surface area contributed by atoms with Gasteiger partial charge in [-0.05, 0) is 13.5 Å². The van der Waals surface area contributed by atoms with E-state index in [2.05, 4.69) is 5.32 Å². The number of likely N-dealkylation sites (N-methyl/N-ethyl adjacent to an activating group) is 1. The first-order chi connectivity index (χ1) is 7.63. The van der Waals surface area contributed by atoms with Gasteiger partial charge in [0.15, 0.2) is 0 Å². The van der Waals surface area contributed by atoms with Crippen molar-refractivity contribution in [3.63, 3.8) is 0 Å². The summed E-state index contributed by atoms with van der Waals surface area (Å²) in [5.41, 5.74) is 0. The highest BCUT2D eigenvalue weighted by Crippen LogP contribution is 1.98. The first-order valence-electron chi connectivity index (χ1n) is 5.98. The second kappa shape index (κ2) is 6.83. The molecule has 94 valence electrons. The Bertz CT molecular complexity index is 217. The highest BCUT2D eigenvalue weighted by Gasteiger charge is 2.18. The van der Waals surface area contributed by atoms with Gasteiger partial charge in [0, 0.05) is 32.7 Å². The summed E-state index contributed by atoms with van der Waals surface area (Å²) in [6.45, 7) is 6.26. The average molecular weight is 229 g/mol. The van der Waals surface area contributed by atoms with Gasteiger partial charge in [-0.2, -0.15) is 0 Å². The minimum absolute atomic E-state index is 0.160. The van der Waals surface area contributed by atoms with E-state index in [-0.39, 0.29) is 12.0 Å². The van der Waals surface area contributed by atoms with Crippen LogP contribution in [0.15, 0.2) is 0 Å². The van der Waals surface area contributed by atoms with Crippen LogP contribution in [0.25, 0.3) is 0 Å². The number of nitrogens with one attached hydrogen (secondary N) is 1. The Hall–Kier alpha value is -0.650. The van der Waals surface area contributed by atoms with E-state index in [0.717, 1.165) is 32.6 Å². The van der Waals surface area contributed by atoms with Crippen LogP contribution in [-0.4, -0.2) is 73.2 Å². The molecule has 1 atom stereocenters. The van der Waals surface area contributed by atoms with E-state index in [1.165, 1.54) is 0 Å². The van der Waals surface area contributed by atoms with Gasteiger partial charge in [-0.1, -0.05) is 6.92 Å². The van der Waals surface area contributed by atoms with E-state index >= 15 is 0 Å². The predicted molar refractivity (Wildman–Crippen MR) is 63.2 cm³/mol. The van der Waals surface area contributed by atoms with Gasteiger partial charge in [-0.25, -0.2) is 0 Å². The molecule has 2 N–H and O–H groups in total.